The standard InChI is InChI=1S/C30H24Cl2N8O3/c1-43-30(42)34-23-11-7-20(8-12-23)25-17-24(29(32)37-36-25)26(15-19-5-3-2-4-6-19)35-28(41)14-9-21-16-22(31)10-13-27(21)40-18-33-38-39-40/h2-14,16-18,26H,15H2,1H3,(H,34,42)(H,35,41)/b14-9+. The van der Waals surface area contributed by atoms with Crippen molar-refractivity contribution in [2.24, 2.45) is 0 Å². The van der Waals surface area contributed by atoms with Gasteiger partial charge in [0.15, 0.2) is 5.15 Å². The van der Waals surface area contributed by atoms with Crippen molar-refractivity contribution in [2.75, 3.05) is 12.4 Å². The van der Waals surface area contributed by atoms with Gasteiger partial charge in [0.05, 0.1) is 24.5 Å². The number of carbonyl (C=O) groups excluding carboxylic acids is 2. The largest absolute Gasteiger partial charge is 0.453 e. The zero-order chi connectivity index (χ0) is 30.2. The molecule has 0 aliphatic carbocycles. The van der Waals surface area contributed by atoms with Crippen LogP contribution >= 0.6 is 23.2 Å². The van der Waals surface area contributed by atoms with Gasteiger partial charge in [0.2, 0.25) is 5.91 Å². The van der Waals surface area contributed by atoms with E-state index in [0.29, 0.717) is 39.6 Å². The zero-order valence-corrected chi connectivity index (χ0v) is 24.2. The average molecular weight is 615 g/mol. The molecule has 2 N–H and O–H groups in total. The van der Waals surface area contributed by atoms with Crippen molar-refractivity contribution in [2.45, 2.75) is 12.5 Å². The van der Waals surface area contributed by atoms with E-state index in [0.717, 1.165) is 11.1 Å². The molecule has 0 saturated heterocycles. The van der Waals surface area contributed by atoms with Gasteiger partial charge in [-0.3, -0.25) is 10.1 Å². The van der Waals surface area contributed by atoms with Crippen LogP contribution < -0.4 is 10.6 Å². The van der Waals surface area contributed by atoms with Crippen LogP contribution in [-0.2, 0) is 16.0 Å². The summed E-state index contributed by atoms with van der Waals surface area (Å²) in [4.78, 5) is 24.8. The molecule has 5 aromatic rings. The van der Waals surface area contributed by atoms with Crippen molar-refractivity contribution < 1.29 is 14.3 Å². The van der Waals surface area contributed by atoms with Crippen LogP contribution in [0.4, 0.5) is 10.5 Å². The van der Waals surface area contributed by atoms with Gasteiger partial charge < -0.3 is 10.1 Å². The number of aromatic nitrogens is 6. The predicted octanol–water partition coefficient (Wildman–Crippen LogP) is 5.72. The Labute approximate surface area is 256 Å². The molecule has 2 aromatic heterocycles. The van der Waals surface area contributed by atoms with E-state index >= 15 is 0 Å². The lowest BCUT2D eigenvalue weighted by Crippen LogP contribution is -2.29. The zero-order valence-electron chi connectivity index (χ0n) is 22.7. The Hall–Kier alpha value is -5.13. The first-order valence-electron chi connectivity index (χ1n) is 12.9. The number of carbonyl (C=O) groups is 2. The summed E-state index contributed by atoms with van der Waals surface area (Å²) in [6.07, 6.45) is 4.38. The smallest absolute Gasteiger partial charge is 0.411 e. The molecule has 5 rings (SSSR count). The molecule has 43 heavy (non-hydrogen) atoms. The number of hydrogen-bond acceptors (Lipinski definition) is 8. The van der Waals surface area contributed by atoms with Crippen LogP contribution in [0.25, 0.3) is 23.0 Å². The fraction of sp³-hybridized carbons (Fsp3) is 0.100. The number of tetrazole rings is 1. The van der Waals surface area contributed by atoms with Crippen LogP contribution in [0.15, 0.2) is 91.3 Å². The van der Waals surface area contributed by atoms with Crippen LogP contribution in [0, 0.1) is 0 Å². The van der Waals surface area contributed by atoms with Crippen LogP contribution in [0.2, 0.25) is 10.2 Å². The number of benzene rings is 3. The minimum absolute atomic E-state index is 0.161. The van der Waals surface area contributed by atoms with Gasteiger partial charge in [0.25, 0.3) is 0 Å². The SMILES string of the molecule is COC(=O)Nc1ccc(-c2cc(C(Cc3ccccc3)NC(=O)/C=C/c3cc(Cl)ccc3-n3cnnn3)c(Cl)nn2)cc1. The summed E-state index contributed by atoms with van der Waals surface area (Å²) in [5.74, 6) is -0.365. The molecular formula is C30H24Cl2N8O3. The fourth-order valence-corrected chi connectivity index (χ4v) is 4.69. The Bertz CT molecular complexity index is 1750. The van der Waals surface area contributed by atoms with Crippen molar-refractivity contribution >= 4 is 47.0 Å². The Morgan fingerprint density at radius 3 is 2.51 bits per heavy atom. The van der Waals surface area contributed by atoms with E-state index in [1.807, 2.05) is 30.3 Å². The van der Waals surface area contributed by atoms with Crippen molar-refractivity contribution in [1.29, 1.82) is 0 Å². The minimum atomic E-state index is -0.572. The molecule has 1 unspecified atom stereocenters. The summed E-state index contributed by atoms with van der Waals surface area (Å²) in [5.41, 5.74) is 4.70. The number of ether oxygens (including phenoxy) is 1. The van der Waals surface area contributed by atoms with Gasteiger partial charge in [0, 0.05) is 33.5 Å². The highest BCUT2D eigenvalue weighted by Crippen LogP contribution is 2.29. The lowest BCUT2D eigenvalue weighted by Gasteiger charge is -2.20. The van der Waals surface area contributed by atoms with Crippen molar-refractivity contribution in [3.05, 3.63) is 118 Å². The van der Waals surface area contributed by atoms with E-state index < -0.39 is 12.1 Å². The minimum Gasteiger partial charge on any atom is -0.453 e. The monoisotopic (exact) mass is 614 g/mol. The topological polar surface area (TPSA) is 137 Å². The molecule has 2 heterocycles. The first-order valence-corrected chi connectivity index (χ1v) is 13.7. The van der Waals surface area contributed by atoms with E-state index in [4.69, 9.17) is 23.2 Å². The Morgan fingerprint density at radius 2 is 1.79 bits per heavy atom. The molecule has 11 nitrogen and oxygen atoms in total. The van der Waals surface area contributed by atoms with Crippen molar-refractivity contribution in [3.63, 3.8) is 0 Å². The third kappa shape index (κ3) is 7.59. The van der Waals surface area contributed by atoms with Gasteiger partial charge in [-0.1, -0.05) is 65.7 Å². The number of nitrogens with zero attached hydrogens (tertiary/aromatic N) is 6. The number of methoxy groups -OCH3 is 1. The molecule has 2 amide bonds. The van der Waals surface area contributed by atoms with E-state index in [2.05, 4.69) is 41.1 Å². The number of nitrogens with one attached hydrogen (secondary N) is 2. The third-order valence-electron chi connectivity index (χ3n) is 6.36. The van der Waals surface area contributed by atoms with Crippen LogP contribution in [-0.4, -0.2) is 49.5 Å². The van der Waals surface area contributed by atoms with Gasteiger partial charge >= 0.3 is 6.09 Å². The molecule has 3 aromatic carbocycles. The first kappa shape index (κ1) is 29.4. The summed E-state index contributed by atoms with van der Waals surface area (Å²) < 4.78 is 6.11. The van der Waals surface area contributed by atoms with E-state index in [1.54, 1.807) is 54.6 Å². The number of rotatable bonds is 9. The van der Waals surface area contributed by atoms with Gasteiger partial charge in [-0.25, -0.2) is 4.79 Å². The van der Waals surface area contributed by atoms with Crippen LogP contribution in [0.1, 0.15) is 22.7 Å². The summed E-state index contributed by atoms with van der Waals surface area (Å²) in [5, 5.41) is 26.0. The van der Waals surface area contributed by atoms with E-state index in [-0.39, 0.29) is 11.1 Å². The molecule has 1 atom stereocenters. The summed E-state index contributed by atoms with van der Waals surface area (Å²) in [6.45, 7) is 0. The van der Waals surface area contributed by atoms with Crippen molar-refractivity contribution in [3.8, 4) is 16.9 Å². The highest BCUT2D eigenvalue weighted by molar-refractivity contribution is 6.31. The summed E-state index contributed by atoms with van der Waals surface area (Å²) in [7, 11) is 1.29. The van der Waals surface area contributed by atoms with Gasteiger partial charge in [-0.2, -0.15) is 4.68 Å². The molecule has 0 radical (unpaired) electrons. The highest BCUT2D eigenvalue weighted by atomic mass is 35.5. The van der Waals surface area contributed by atoms with Gasteiger partial charge in [-0.15, -0.1) is 15.3 Å². The van der Waals surface area contributed by atoms with Gasteiger partial charge in [0.1, 0.15) is 6.33 Å². The maximum absolute atomic E-state index is 13.3. The first-order chi connectivity index (χ1) is 20.9. The molecule has 13 heteroatoms. The third-order valence-corrected chi connectivity index (χ3v) is 6.89. The average Bonchev–Trinajstić information content (AvgIpc) is 3.56. The summed E-state index contributed by atoms with van der Waals surface area (Å²) in [6, 6.07) is 23.2. The molecule has 0 saturated carbocycles. The highest BCUT2D eigenvalue weighted by Gasteiger charge is 2.20. The molecule has 0 bridgehead atoms. The second-order valence-corrected chi connectivity index (χ2v) is 10.0. The number of anilines is 1. The lowest BCUT2D eigenvalue weighted by atomic mass is 9.98. The maximum atomic E-state index is 13.3. The molecule has 0 fully saturated rings. The molecule has 0 aliphatic heterocycles. The Balaban J connectivity index is 1.42. The Kier molecular flexibility index (Phi) is 9.35. The van der Waals surface area contributed by atoms with Crippen molar-refractivity contribution in [1.82, 2.24) is 35.7 Å². The van der Waals surface area contributed by atoms with Gasteiger partial charge in [-0.05, 0) is 64.9 Å². The second kappa shape index (κ2) is 13.7. The lowest BCUT2D eigenvalue weighted by molar-refractivity contribution is -0.117. The van der Waals surface area contributed by atoms with Crippen LogP contribution in [0.3, 0.4) is 0 Å². The molecular weight excluding hydrogens is 591 g/mol. The Morgan fingerprint density at radius 1 is 1.00 bits per heavy atom. The van der Waals surface area contributed by atoms with E-state index in [1.165, 1.54) is 24.2 Å². The number of amides is 2. The molecule has 216 valence electrons. The summed E-state index contributed by atoms with van der Waals surface area (Å²) >= 11 is 12.8. The van der Waals surface area contributed by atoms with Crippen LogP contribution in [0.5, 0.6) is 0 Å². The van der Waals surface area contributed by atoms with E-state index in [9.17, 15) is 9.59 Å². The second-order valence-electron chi connectivity index (χ2n) is 9.21. The normalized spacial score (nSPS) is 11.7. The number of halogens is 2. The maximum Gasteiger partial charge on any atom is 0.411 e. The molecule has 0 aliphatic rings. The predicted molar refractivity (Wildman–Crippen MR) is 163 cm³/mol. The molecule has 0 spiro atoms. The fourth-order valence-electron chi connectivity index (χ4n) is 4.28. The quantitative estimate of drug-likeness (QED) is 0.201. The number of hydrogen-bond donors (Lipinski definition) is 2.